The molecule has 0 unspecified atom stereocenters. The number of amides is 1. The quantitative estimate of drug-likeness (QED) is 0.526. The van der Waals surface area contributed by atoms with Crippen LogP contribution in [0.3, 0.4) is 0 Å². The van der Waals surface area contributed by atoms with Crippen LogP contribution in [0.2, 0.25) is 0 Å². The number of rotatable bonds is 8. The second-order valence-corrected chi connectivity index (χ2v) is 8.98. The number of carbonyl (C=O) groups excluding carboxylic acids is 1. The Morgan fingerprint density at radius 1 is 0.900 bits per heavy atom. The molecular weight excluding hydrogens is 396 g/mol. The zero-order valence-electron chi connectivity index (χ0n) is 17.2. The third kappa shape index (κ3) is 5.70. The standard InChI is InChI=1S/C24H26N2O3S/c1-18-10-14-22(15-11-18)30(28,29)26-23-17-21(13-12-19(23)2)24(27)25-16-6-9-20-7-4-3-5-8-20/h3-5,7-8,10-15,17,26H,6,9,16H2,1-2H3,(H,25,27). The van der Waals surface area contributed by atoms with Gasteiger partial charge in [0.1, 0.15) is 0 Å². The van der Waals surface area contributed by atoms with E-state index in [0.717, 1.165) is 24.0 Å². The van der Waals surface area contributed by atoms with Gasteiger partial charge in [-0.15, -0.1) is 0 Å². The number of nitrogens with one attached hydrogen (secondary N) is 2. The van der Waals surface area contributed by atoms with E-state index in [2.05, 4.69) is 22.2 Å². The molecule has 3 rings (SSSR count). The average molecular weight is 423 g/mol. The lowest BCUT2D eigenvalue weighted by Gasteiger charge is -2.13. The van der Waals surface area contributed by atoms with Gasteiger partial charge < -0.3 is 5.32 Å². The summed E-state index contributed by atoms with van der Waals surface area (Å²) >= 11 is 0. The van der Waals surface area contributed by atoms with Crippen LogP contribution < -0.4 is 10.0 Å². The van der Waals surface area contributed by atoms with E-state index >= 15 is 0 Å². The van der Waals surface area contributed by atoms with Crippen molar-refractivity contribution in [2.75, 3.05) is 11.3 Å². The van der Waals surface area contributed by atoms with Crippen LogP contribution in [0.1, 0.15) is 33.5 Å². The highest BCUT2D eigenvalue weighted by Gasteiger charge is 2.16. The topological polar surface area (TPSA) is 75.3 Å². The molecule has 3 aromatic carbocycles. The molecule has 0 saturated heterocycles. The second kappa shape index (κ2) is 9.59. The molecular formula is C24H26N2O3S. The van der Waals surface area contributed by atoms with Gasteiger partial charge in [-0.25, -0.2) is 8.42 Å². The predicted octanol–water partition coefficient (Wildman–Crippen LogP) is 4.47. The molecule has 0 heterocycles. The molecule has 2 N–H and O–H groups in total. The summed E-state index contributed by atoms with van der Waals surface area (Å²) in [4.78, 5) is 12.7. The summed E-state index contributed by atoms with van der Waals surface area (Å²) < 4.78 is 28.0. The fourth-order valence-corrected chi connectivity index (χ4v) is 4.16. The Balaban J connectivity index is 1.64. The highest BCUT2D eigenvalue weighted by Crippen LogP contribution is 2.21. The molecule has 1 amide bonds. The fourth-order valence-electron chi connectivity index (χ4n) is 3.04. The molecule has 0 spiro atoms. The predicted molar refractivity (Wildman–Crippen MR) is 120 cm³/mol. The number of aryl methyl sites for hydroxylation is 3. The van der Waals surface area contributed by atoms with Crippen LogP contribution in [0, 0.1) is 13.8 Å². The van der Waals surface area contributed by atoms with E-state index in [1.54, 1.807) is 49.4 Å². The number of hydrogen-bond donors (Lipinski definition) is 2. The van der Waals surface area contributed by atoms with Crippen LogP contribution in [0.5, 0.6) is 0 Å². The number of benzene rings is 3. The van der Waals surface area contributed by atoms with Gasteiger partial charge in [0, 0.05) is 12.1 Å². The number of anilines is 1. The summed E-state index contributed by atoms with van der Waals surface area (Å²) in [5.41, 5.74) is 3.77. The summed E-state index contributed by atoms with van der Waals surface area (Å²) in [5.74, 6) is -0.223. The summed E-state index contributed by atoms with van der Waals surface area (Å²) in [5, 5.41) is 2.90. The molecule has 6 heteroatoms. The van der Waals surface area contributed by atoms with E-state index in [1.165, 1.54) is 5.56 Å². The second-order valence-electron chi connectivity index (χ2n) is 7.29. The maximum Gasteiger partial charge on any atom is 0.261 e. The number of carbonyl (C=O) groups is 1. The summed E-state index contributed by atoms with van der Waals surface area (Å²) in [7, 11) is -3.73. The SMILES string of the molecule is Cc1ccc(S(=O)(=O)Nc2cc(C(=O)NCCCc3ccccc3)ccc2C)cc1. The largest absolute Gasteiger partial charge is 0.352 e. The van der Waals surface area contributed by atoms with E-state index in [4.69, 9.17) is 0 Å². The van der Waals surface area contributed by atoms with E-state index in [-0.39, 0.29) is 10.8 Å². The van der Waals surface area contributed by atoms with Crippen molar-refractivity contribution in [3.63, 3.8) is 0 Å². The molecule has 0 aromatic heterocycles. The van der Waals surface area contributed by atoms with E-state index in [0.29, 0.717) is 17.8 Å². The highest BCUT2D eigenvalue weighted by molar-refractivity contribution is 7.92. The van der Waals surface area contributed by atoms with Crippen LogP contribution >= 0.6 is 0 Å². The Morgan fingerprint density at radius 3 is 2.30 bits per heavy atom. The molecule has 0 bridgehead atoms. The van der Waals surface area contributed by atoms with Crippen molar-refractivity contribution in [3.8, 4) is 0 Å². The molecule has 156 valence electrons. The Hall–Kier alpha value is -3.12. The molecule has 0 atom stereocenters. The molecule has 0 aliphatic rings. The first kappa shape index (κ1) is 21.6. The van der Waals surface area contributed by atoms with Crippen LogP contribution in [-0.2, 0) is 16.4 Å². The van der Waals surface area contributed by atoms with Gasteiger partial charge in [-0.3, -0.25) is 9.52 Å². The van der Waals surface area contributed by atoms with Gasteiger partial charge in [-0.2, -0.15) is 0 Å². The Kier molecular flexibility index (Phi) is 6.90. The molecule has 0 radical (unpaired) electrons. The Labute approximate surface area is 178 Å². The molecule has 0 aliphatic heterocycles. The average Bonchev–Trinajstić information content (AvgIpc) is 2.73. The molecule has 0 saturated carbocycles. The molecule has 0 aliphatic carbocycles. The Bertz CT molecular complexity index is 1110. The minimum absolute atomic E-state index is 0.184. The van der Waals surface area contributed by atoms with Gasteiger partial charge in [0.05, 0.1) is 10.6 Å². The smallest absolute Gasteiger partial charge is 0.261 e. The third-order valence-corrected chi connectivity index (χ3v) is 6.23. The van der Waals surface area contributed by atoms with Gasteiger partial charge in [0.15, 0.2) is 0 Å². The van der Waals surface area contributed by atoms with Crippen molar-refractivity contribution in [2.45, 2.75) is 31.6 Å². The molecule has 3 aromatic rings. The number of sulfonamides is 1. The van der Waals surface area contributed by atoms with Crippen molar-refractivity contribution in [2.24, 2.45) is 0 Å². The van der Waals surface area contributed by atoms with Gasteiger partial charge in [0.25, 0.3) is 15.9 Å². The lowest BCUT2D eigenvalue weighted by atomic mass is 10.1. The minimum atomic E-state index is -3.73. The van der Waals surface area contributed by atoms with Gasteiger partial charge >= 0.3 is 0 Å². The summed E-state index contributed by atoms with van der Waals surface area (Å²) in [6.07, 6.45) is 1.71. The summed E-state index contributed by atoms with van der Waals surface area (Å²) in [6.45, 7) is 4.25. The first-order chi connectivity index (χ1) is 14.3. The van der Waals surface area contributed by atoms with Gasteiger partial charge in [-0.05, 0) is 62.1 Å². The maximum atomic E-state index is 12.7. The van der Waals surface area contributed by atoms with Crippen molar-refractivity contribution in [3.05, 3.63) is 95.1 Å². The van der Waals surface area contributed by atoms with Gasteiger partial charge in [-0.1, -0.05) is 54.1 Å². The Morgan fingerprint density at radius 2 is 1.60 bits per heavy atom. The highest BCUT2D eigenvalue weighted by atomic mass is 32.2. The zero-order valence-corrected chi connectivity index (χ0v) is 18.0. The lowest BCUT2D eigenvalue weighted by Crippen LogP contribution is -2.25. The van der Waals surface area contributed by atoms with Crippen molar-refractivity contribution < 1.29 is 13.2 Å². The zero-order chi connectivity index (χ0) is 21.6. The first-order valence-electron chi connectivity index (χ1n) is 9.87. The normalized spacial score (nSPS) is 11.1. The summed E-state index contributed by atoms with van der Waals surface area (Å²) in [6, 6.07) is 21.8. The molecule has 0 fully saturated rings. The van der Waals surface area contributed by atoms with Gasteiger partial charge in [0.2, 0.25) is 0 Å². The minimum Gasteiger partial charge on any atom is -0.352 e. The van der Waals surface area contributed by atoms with Crippen LogP contribution in [0.4, 0.5) is 5.69 Å². The lowest BCUT2D eigenvalue weighted by molar-refractivity contribution is 0.0953. The van der Waals surface area contributed by atoms with Crippen LogP contribution in [0.15, 0.2) is 77.7 Å². The van der Waals surface area contributed by atoms with E-state index in [9.17, 15) is 13.2 Å². The molecule has 30 heavy (non-hydrogen) atoms. The monoisotopic (exact) mass is 422 g/mol. The van der Waals surface area contributed by atoms with Crippen molar-refractivity contribution in [1.82, 2.24) is 5.32 Å². The van der Waals surface area contributed by atoms with E-state index < -0.39 is 10.0 Å². The first-order valence-corrected chi connectivity index (χ1v) is 11.4. The van der Waals surface area contributed by atoms with E-state index in [1.807, 2.05) is 25.1 Å². The van der Waals surface area contributed by atoms with Crippen LogP contribution in [0.25, 0.3) is 0 Å². The van der Waals surface area contributed by atoms with Crippen molar-refractivity contribution >= 4 is 21.6 Å². The molecule has 5 nitrogen and oxygen atoms in total. The third-order valence-electron chi connectivity index (χ3n) is 4.85. The van der Waals surface area contributed by atoms with Crippen LogP contribution in [-0.4, -0.2) is 20.9 Å². The number of hydrogen-bond acceptors (Lipinski definition) is 3. The van der Waals surface area contributed by atoms with Crippen molar-refractivity contribution in [1.29, 1.82) is 0 Å². The fraction of sp³-hybridized carbons (Fsp3) is 0.208. The maximum absolute atomic E-state index is 12.7.